The van der Waals surface area contributed by atoms with Crippen LogP contribution in [0.3, 0.4) is 0 Å². The zero-order valence-corrected chi connectivity index (χ0v) is 23.1. The fraction of sp³-hybridized carbons (Fsp3) is 0.355. The molecule has 1 unspecified atom stereocenters. The number of fused-ring (bicyclic) bond motifs is 2. The molecule has 2 heterocycles. The summed E-state index contributed by atoms with van der Waals surface area (Å²) < 4.78 is 16.9. The Kier molecular flexibility index (Phi) is 6.35. The highest BCUT2D eigenvalue weighted by Gasteiger charge is 2.36. The lowest BCUT2D eigenvalue weighted by atomic mass is 9.76. The molecule has 6 heteroatoms. The Morgan fingerprint density at radius 2 is 1.59 bits per heavy atom. The van der Waals surface area contributed by atoms with Crippen molar-refractivity contribution in [1.29, 1.82) is 5.41 Å². The quantitative estimate of drug-likeness (QED) is 0.336. The van der Waals surface area contributed by atoms with Crippen LogP contribution < -0.4 is 5.62 Å². The van der Waals surface area contributed by atoms with Gasteiger partial charge in [0.05, 0.1) is 34.9 Å². The van der Waals surface area contributed by atoms with E-state index in [0.29, 0.717) is 23.5 Å². The van der Waals surface area contributed by atoms with Gasteiger partial charge in [0.15, 0.2) is 5.78 Å². The van der Waals surface area contributed by atoms with E-state index in [9.17, 15) is 9.00 Å². The molecule has 0 radical (unpaired) electrons. The van der Waals surface area contributed by atoms with Crippen LogP contribution in [0, 0.1) is 5.41 Å². The Hall–Kier alpha value is -3.25. The third-order valence-electron chi connectivity index (χ3n) is 7.55. The summed E-state index contributed by atoms with van der Waals surface area (Å²) in [6.07, 6.45) is 0.826. The molecule has 0 aliphatic carbocycles. The molecule has 0 spiro atoms. The molecule has 0 bridgehead atoms. The van der Waals surface area contributed by atoms with Crippen molar-refractivity contribution in [3.8, 4) is 0 Å². The highest BCUT2D eigenvalue weighted by atomic mass is 32.2. The van der Waals surface area contributed by atoms with Gasteiger partial charge in [-0.15, -0.1) is 0 Å². The number of aromatic nitrogens is 2. The third kappa shape index (κ3) is 4.63. The molecular weight excluding hydrogens is 478 g/mol. The topological polar surface area (TPSA) is 67.8 Å². The van der Waals surface area contributed by atoms with E-state index < -0.39 is 10.8 Å². The van der Waals surface area contributed by atoms with Crippen molar-refractivity contribution in [3.05, 3.63) is 94.6 Å². The van der Waals surface area contributed by atoms with E-state index in [4.69, 9.17) is 5.41 Å². The van der Waals surface area contributed by atoms with Crippen LogP contribution in [0.25, 0.3) is 11.0 Å². The molecule has 1 N–H and O–H groups in total. The fourth-order valence-electron chi connectivity index (χ4n) is 5.30. The zero-order valence-electron chi connectivity index (χ0n) is 22.3. The van der Waals surface area contributed by atoms with Crippen molar-refractivity contribution >= 4 is 27.6 Å². The number of imidazole rings is 1. The Bertz CT molecular complexity index is 1570. The molecule has 4 aromatic rings. The number of carbonyl (C=O) groups excluding carboxylic acids is 1. The van der Waals surface area contributed by atoms with Gasteiger partial charge < -0.3 is 9.13 Å². The van der Waals surface area contributed by atoms with Gasteiger partial charge in [-0.3, -0.25) is 14.4 Å². The summed E-state index contributed by atoms with van der Waals surface area (Å²) >= 11 is 0. The maximum Gasteiger partial charge on any atom is 0.203 e. The number of hydrogen-bond donors (Lipinski definition) is 1. The van der Waals surface area contributed by atoms with E-state index in [0.717, 1.165) is 39.0 Å². The standard InChI is InChI=1S/C31H35N3O2S/c1-30(2,3)23-17-22(18-24-28(23)37(36)16-15-31(24,4)5)27(35)20-34-26-14-10-9-13-25(26)33(29(34)32)19-21-11-7-6-8-12-21/h6-14,17-18,32H,15-16,19-20H2,1-5H3. The van der Waals surface area contributed by atoms with Gasteiger partial charge >= 0.3 is 0 Å². The Morgan fingerprint density at radius 1 is 0.973 bits per heavy atom. The van der Waals surface area contributed by atoms with Gasteiger partial charge in [-0.25, -0.2) is 0 Å². The summed E-state index contributed by atoms with van der Waals surface area (Å²) in [6, 6.07) is 21.9. The Morgan fingerprint density at radius 3 is 2.24 bits per heavy atom. The van der Waals surface area contributed by atoms with E-state index in [1.165, 1.54) is 0 Å². The lowest BCUT2D eigenvalue weighted by Gasteiger charge is -2.36. The van der Waals surface area contributed by atoms with Crippen molar-refractivity contribution in [3.63, 3.8) is 0 Å². The Labute approximate surface area is 221 Å². The van der Waals surface area contributed by atoms with Gasteiger partial charge in [-0.2, -0.15) is 0 Å². The van der Waals surface area contributed by atoms with E-state index in [2.05, 4.69) is 46.8 Å². The highest BCUT2D eigenvalue weighted by molar-refractivity contribution is 7.85. The first kappa shape index (κ1) is 25.4. The molecule has 1 aliphatic rings. The van der Waals surface area contributed by atoms with Crippen LogP contribution in [0.1, 0.15) is 68.1 Å². The van der Waals surface area contributed by atoms with Crippen LogP contribution in [-0.2, 0) is 34.7 Å². The predicted molar refractivity (Wildman–Crippen MR) is 150 cm³/mol. The summed E-state index contributed by atoms with van der Waals surface area (Å²) in [4.78, 5) is 14.8. The molecule has 5 rings (SSSR count). The van der Waals surface area contributed by atoms with Gasteiger partial charge in [-0.1, -0.05) is 77.1 Å². The van der Waals surface area contributed by atoms with Crippen LogP contribution in [0.4, 0.5) is 0 Å². The van der Waals surface area contributed by atoms with Crippen molar-refractivity contribution in [2.24, 2.45) is 0 Å². The molecule has 0 saturated heterocycles. The minimum Gasteiger partial charge on any atom is -0.306 e. The van der Waals surface area contributed by atoms with Gasteiger partial charge in [0.2, 0.25) is 5.62 Å². The van der Waals surface area contributed by atoms with Crippen molar-refractivity contribution in [2.75, 3.05) is 5.75 Å². The van der Waals surface area contributed by atoms with Crippen LogP contribution in [0.5, 0.6) is 0 Å². The molecule has 37 heavy (non-hydrogen) atoms. The second-order valence-electron chi connectivity index (χ2n) is 11.7. The van der Waals surface area contributed by atoms with E-state index in [1.54, 1.807) is 4.57 Å². The second-order valence-corrected chi connectivity index (χ2v) is 13.2. The number of carbonyl (C=O) groups is 1. The summed E-state index contributed by atoms with van der Waals surface area (Å²) in [7, 11) is -1.07. The minimum absolute atomic E-state index is 0.0402. The molecule has 0 fully saturated rings. The number of nitrogens with one attached hydrogen (secondary N) is 1. The lowest BCUT2D eigenvalue weighted by molar-refractivity contribution is 0.0971. The Balaban J connectivity index is 1.60. The predicted octanol–water partition coefficient (Wildman–Crippen LogP) is 5.94. The van der Waals surface area contributed by atoms with E-state index >= 15 is 0 Å². The van der Waals surface area contributed by atoms with Crippen LogP contribution in [0.2, 0.25) is 0 Å². The van der Waals surface area contributed by atoms with Crippen molar-refractivity contribution in [2.45, 2.75) is 69.9 Å². The third-order valence-corrected chi connectivity index (χ3v) is 9.02. The summed E-state index contributed by atoms with van der Waals surface area (Å²) in [6.45, 7) is 11.3. The largest absolute Gasteiger partial charge is 0.306 e. The first-order valence-corrected chi connectivity index (χ1v) is 14.2. The van der Waals surface area contributed by atoms with Crippen molar-refractivity contribution < 1.29 is 9.00 Å². The maximum absolute atomic E-state index is 13.8. The summed E-state index contributed by atoms with van der Waals surface area (Å²) in [5.74, 6) is 0.608. The van der Waals surface area contributed by atoms with Crippen molar-refractivity contribution in [1.82, 2.24) is 9.13 Å². The molecule has 192 valence electrons. The molecule has 1 aliphatic heterocycles. The number of para-hydroxylation sites is 2. The number of Topliss-reactive ketones (excluding diaryl/α,β-unsaturated/α-hetero) is 1. The number of rotatable bonds is 5. The normalized spacial score (nSPS) is 17.1. The SMILES string of the molecule is CC(C)(C)c1cc(C(=O)Cn2c(=N)n(Cc3ccccc3)c3ccccc32)cc2c1S(=O)CCC2(C)C. The molecule has 3 aromatic carbocycles. The number of nitrogens with zero attached hydrogens (tertiary/aromatic N) is 2. The van der Waals surface area contributed by atoms with Crippen LogP contribution in [-0.4, -0.2) is 24.9 Å². The first-order chi connectivity index (χ1) is 17.5. The molecule has 5 nitrogen and oxygen atoms in total. The zero-order chi connectivity index (χ0) is 26.5. The fourth-order valence-corrected chi connectivity index (χ4v) is 7.39. The van der Waals surface area contributed by atoms with E-state index in [-0.39, 0.29) is 23.2 Å². The smallest absolute Gasteiger partial charge is 0.203 e. The number of benzene rings is 3. The summed E-state index contributed by atoms with van der Waals surface area (Å²) in [5.41, 5.74) is 5.44. The van der Waals surface area contributed by atoms with E-state index in [1.807, 2.05) is 59.2 Å². The molecular formula is C31H35N3O2S. The van der Waals surface area contributed by atoms with Gasteiger partial charge in [0, 0.05) is 16.2 Å². The van der Waals surface area contributed by atoms with Gasteiger partial charge in [0.25, 0.3) is 0 Å². The molecule has 0 saturated carbocycles. The molecule has 0 amide bonds. The van der Waals surface area contributed by atoms with Crippen LogP contribution >= 0.6 is 0 Å². The maximum atomic E-state index is 13.8. The average molecular weight is 514 g/mol. The first-order valence-electron chi connectivity index (χ1n) is 12.8. The summed E-state index contributed by atoms with van der Waals surface area (Å²) in [5, 5.41) is 9.00. The lowest BCUT2D eigenvalue weighted by Crippen LogP contribution is -2.32. The second kappa shape index (κ2) is 9.25. The number of ketones is 1. The monoisotopic (exact) mass is 513 g/mol. The van der Waals surface area contributed by atoms with Gasteiger partial charge in [-0.05, 0) is 58.2 Å². The van der Waals surface area contributed by atoms with Crippen LogP contribution in [0.15, 0.2) is 71.6 Å². The highest BCUT2D eigenvalue weighted by Crippen LogP contribution is 2.42. The molecule has 1 atom stereocenters. The average Bonchev–Trinajstić information content (AvgIpc) is 3.12. The van der Waals surface area contributed by atoms with Gasteiger partial charge in [0.1, 0.15) is 0 Å². The number of hydrogen-bond acceptors (Lipinski definition) is 3. The molecule has 1 aromatic heterocycles. The minimum atomic E-state index is -1.07.